The number of benzene rings is 4. The van der Waals surface area contributed by atoms with Crippen LogP contribution in [0.25, 0.3) is 0 Å². The molecule has 0 N–H and O–H groups in total. The number of nitrogens with zero attached hydrogens (tertiary/aromatic N) is 2. The molecule has 0 saturated carbocycles. The average Bonchev–Trinajstić information content (AvgIpc) is 3.44. The van der Waals surface area contributed by atoms with Gasteiger partial charge < -0.3 is 28.6 Å². The van der Waals surface area contributed by atoms with Crippen molar-refractivity contribution in [3.05, 3.63) is 108 Å². The van der Waals surface area contributed by atoms with Crippen LogP contribution < -0.4 is 28.6 Å². The number of carbonyl (C=O) groups excluding carboxylic acids is 2. The summed E-state index contributed by atoms with van der Waals surface area (Å²) in [5.74, 6) is 4.88. The molecule has 4 aromatic rings. The number of rotatable bonds is 0. The van der Waals surface area contributed by atoms with Crippen LogP contribution in [-0.4, -0.2) is 68.4 Å². The van der Waals surface area contributed by atoms with Crippen molar-refractivity contribution in [1.82, 2.24) is 4.90 Å². The minimum Gasteiger partial charge on any atom is -0.490 e. The maximum absolute atomic E-state index is 12.0. The Morgan fingerprint density at radius 1 is 0.541 bits per heavy atom. The SMILES string of the molecule is C.C.CC(C)(C)C.CC(C)(C)C1COc2ccccc2O1.CC(C)(C)N1C(=O)c2ccccc2C1=O.CC(C)C.CN1CCOc2ccccc21.c1ccc2c(c1)OCCO2. The predicted molar refractivity (Wildman–Crippen MR) is 254 cm³/mol. The minimum absolute atomic E-state index is 0. The van der Waals surface area contributed by atoms with Gasteiger partial charge in [0.15, 0.2) is 23.0 Å². The fourth-order valence-corrected chi connectivity index (χ4v) is 5.54. The second-order valence-corrected chi connectivity index (χ2v) is 19.0. The zero-order chi connectivity index (χ0) is 44.0. The number of para-hydroxylation sites is 6. The third-order valence-corrected chi connectivity index (χ3v) is 8.35. The van der Waals surface area contributed by atoms with Gasteiger partial charge in [0.25, 0.3) is 11.8 Å². The summed E-state index contributed by atoms with van der Waals surface area (Å²) in [6, 6.07) is 30.6. The van der Waals surface area contributed by atoms with E-state index in [1.165, 1.54) is 10.6 Å². The van der Waals surface area contributed by atoms with Crippen LogP contribution in [0.5, 0.6) is 28.7 Å². The molecule has 4 aliphatic rings. The molecule has 4 aliphatic heterocycles. The Bertz CT molecular complexity index is 1850. The Hall–Kier alpha value is -5.18. The first-order valence-electron chi connectivity index (χ1n) is 20.7. The lowest BCUT2D eigenvalue weighted by Gasteiger charge is -2.34. The Balaban J connectivity index is 0.000000380. The van der Waals surface area contributed by atoms with Gasteiger partial charge >= 0.3 is 0 Å². The molecule has 1 atom stereocenters. The Labute approximate surface area is 369 Å². The van der Waals surface area contributed by atoms with E-state index >= 15 is 0 Å². The molecule has 0 bridgehead atoms. The molecule has 0 spiro atoms. The average molecular weight is 843 g/mol. The minimum atomic E-state index is -0.465. The molecular formula is C52H78N2O7. The largest absolute Gasteiger partial charge is 0.490 e. The number of fused-ring (bicyclic) bond motifs is 4. The number of hydrogen-bond acceptors (Lipinski definition) is 8. The summed E-state index contributed by atoms with van der Waals surface area (Å²) in [7, 11) is 2.08. The van der Waals surface area contributed by atoms with Crippen LogP contribution in [0.15, 0.2) is 97.1 Å². The highest BCUT2D eigenvalue weighted by Gasteiger charge is 2.41. The smallest absolute Gasteiger partial charge is 0.262 e. The van der Waals surface area contributed by atoms with Crippen LogP contribution >= 0.6 is 0 Å². The second-order valence-electron chi connectivity index (χ2n) is 19.0. The summed E-state index contributed by atoms with van der Waals surface area (Å²) < 4.78 is 27.6. The number of hydrogen-bond donors (Lipinski definition) is 0. The van der Waals surface area contributed by atoms with Gasteiger partial charge in [0.1, 0.15) is 38.3 Å². The Morgan fingerprint density at radius 2 is 0.902 bits per heavy atom. The van der Waals surface area contributed by atoms with Gasteiger partial charge in [-0.3, -0.25) is 14.5 Å². The molecule has 9 heteroatoms. The van der Waals surface area contributed by atoms with Crippen LogP contribution in [0, 0.1) is 16.7 Å². The van der Waals surface area contributed by atoms with E-state index in [4.69, 9.17) is 23.7 Å². The van der Waals surface area contributed by atoms with Gasteiger partial charge in [-0.05, 0) is 80.6 Å². The lowest BCUT2D eigenvalue weighted by Crippen LogP contribution is -2.45. The molecule has 0 saturated heterocycles. The van der Waals surface area contributed by atoms with Crippen molar-refractivity contribution >= 4 is 17.5 Å². The third kappa shape index (κ3) is 17.8. The molecule has 8 rings (SSSR count). The second kappa shape index (κ2) is 24.3. The lowest BCUT2D eigenvalue weighted by molar-refractivity contribution is 0.0163. The van der Waals surface area contributed by atoms with Crippen molar-refractivity contribution in [2.24, 2.45) is 16.7 Å². The van der Waals surface area contributed by atoms with E-state index in [1.807, 2.05) is 87.5 Å². The van der Waals surface area contributed by atoms with E-state index in [2.05, 4.69) is 87.3 Å². The van der Waals surface area contributed by atoms with E-state index in [9.17, 15) is 9.59 Å². The number of ether oxygens (including phenoxy) is 5. The van der Waals surface area contributed by atoms with Crippen LogP contribution in [0.3, 0.4) is 0 Å². The number of imide groups is 1. The highest BCUT2D eigenvalue weighted by molar-refractivity contribution is 6.21. The third-order valence-electron chi connectivity index (χ3n) is 8.35. The van der Waals surface area contributed by atoms with Crippen molar-refractivity contribution in [3.8, 4) is 28.7 Å². The Kier molecular flexibility index (Phi) is 21.5. The van der Waals surface area contributed by atoms with Crippen LogP contribution in [0.2, 0.25) is 0 Å². The fraction of sp³-hybridized carbons (Fsp3) is 0.500. The zero-order valence-corrected chi connectivity index (χ0v) is 38.2. The molecule has 4 aromatic carbocycles. The number of amides is 2. The summed E-state index contributed by atoms with van der Waals surface area (Å²) in [5.41, 5.74) is 2.37. The normalized spacial score (nSPS) is 15.4. The first-order chi connectivity index (χ1) is 27.6. The number of anilines is 1. The van der Waals surface area contributed by atoms with Crippen molar-refractivity contribution < 1.29 is 33.3 Å². The lowest BCUT2D eigenvalue weighted by atomic mass is 9.89. The van der Waals surface area contributed by atoms with E-state index in [0.717, 1.165) is 47.8 Å². The van der Waals surface area contributed by atoms with E-state index < -0.39 is 5.54 Å². The first kappa shape index (κ1) is 53.8. The molecule has 0 aromatic heterocycles. The standard InChI is InChI=1S/C12H13NO2.C12H16O2.C9H11NO.C8H8O2.C5H12.C4H10.2CH4/c1-12(2,3)13-10(14)8-6-4-5-7-9(8)11(13)15;1-12(2,3)11-8-13-9-6-4-5-7-10(9)14-11;1-10-6-7-11-9-5-3-2-4-8(9)10;1-2-4-8-7(3-1)9-5-6-10-8;1-5(2,3)4;1-4(2)3;;/h4-7H,1-3H3;4-7,11H,8H2,1-3H3;2-5H,6-7H2,1H3;1-4H,5-6H2;1-4H3;4H,1-3H3;2*1H4. The highest BCUT2D eigenvalue weighted by atomic mass is 16.6. The van der Waals surface area contributed by atoms with Gasteiger partial charge in [0.2, 0.25) is 0 Å². The van der Waals surface area contributed by atoms with Gasteiger partial charge in [0.05, 0.1) is 23.4 Å². The molecule has 1 unspecified atom stereocenters. The molecular weight excluding hydrogens is 765 g/mol. The summed E-state index contributed by atoms with van der Waals surface area (Å²) in [6.45, 7) is 31.1. The maximum Gasteiger partial charge on any atom is 0.262 e. The van der Waals surface area contributed by atoms with E-state index in [-0.39, 0.29) is 38.2 Å². The predicted octanol–water partition coefficient (Wildman–Crippen LogP) is 12.9. The highest BCUT2D eigenvalue weighted by Crippen LogP contribution is 2.36. The zero-order valence-electron chi connectivity index (χ0n) is 38.2. The first-order valence-corrected chi connectivity index (χ1v) is 20.7. The van der Waals surface area contributed by atoms with Gasteiger partial charge in [-0.2, -0.15) is 0 Å². The molecule has 0 fully saturated rings. The molecule has 2 amide bonds. The fourth-order valence-electron chi connectivity index (χ4n) is 5.54. The van der Waals surface area contributed by atoms with Gasteiger partial charge in [-0.25, -0.2) is 0 Å². The van der Waals surface area contributed by atoms with Crippen molar-refractivity contribution in [2.45, 2.75) is 117 Å². The van der Waals surface area contributed by atoms with Gasteiger partial charge in [-0.15, -0.1) is 0 Å². The van der Waals surface area contributed by atoms with Crippen LogP contribution in [-0.2, 0) is 0 Å². The number of carbonyl (C=O) groups is 2. The summed E-state index contributed by atoms with van der Waals surface area (Å²) in [6.07, 6.45) is 0.136. The molecule has 0 radical (unpaired) electrons. The van der Waals surface area contributed by atoms with E-state index in [1.54, 1.807) is 24.3 Å². The van der Waals surface area contributed by atoms with Crippen molar-refractivity contribution in [1.29, 1.82) is 0 Å². The topological polar surface area (TPSA) is 86.8 Å². The summed E-state index contributed by atoms with van der Waals surface area (Å²) in [4.78, 5) is 27.4. The van der Waals surface area contributed by atoms with Crippen molar-refractivity contribution in [2.75, 3.05) is 44.9 Å². The van der Waals surface area contributed by atoms with Gasteiger partial charge in [-0.1, -0.05) is 133 Å². The molecule has 61 heavy (non-hydrogen) atoms. The van der Waals surface area contributed by atoms with Crippen LogP contribution in [0.4, 0.5) is 5.69 Å². The molecule has 9 nitrogen and oxygen atoms in total. The summed E-state index contributed by atoms with van der Waals surface area (Å²) in [5, 5.41) is 0. The quantitative estimate of drug-likeness (QED) is 0.162. The Morgan fingerprint density at radius 3 is 1.31 bits per heavy atom. The van der Waals surface area contributed by atoms with E-state index in [0.29, 0.717) is 36.4 Å². The number of likely N-dealkylation sites (N-methyl/N-ethyl adjacent to an activating group) is 1. The molecule has 338 valence electrons. The molecule has 0 aliphatic carbocycles. The molecule has 4 heterocycles. The van der Waals surface area contributed by atoms with Crippen LogP contribution in [0.1, 0.15) is 126 Å². The summed E-state index contributed by atoms with van der Waals surface area (Å²) >= 11 is 0. The maximum atomic E-state index is 12.0. The van der Waals surface area contributed by atoms with Gasteiger partial charge in [0, 0.05) is 18.0 Å². The van der Waals surface area contributed by atoms with Crippen molar-refractivity contribution in [3.63, 3.8) is 0 Å². The monoisotopic (exact) mass is 843 g/mol.